The van der Waals surface area contributed by atoms with Gasteiger partial charge in [-0.15, -0.1) is 0 Å². The van der Waals surface area contributed by atoms with Crippen LogP contribution in [0.25, 0.3) is 0 Å². The van der Waals surface area contributed by atoms with E-state index in [1.165, 1.54) is 0 Å². The molecule has 1 aliphatic heterocycles. The minimum atomic E-state index is 0.191. The summed E-state index contributed by atoms with van der Waals surface area (Å²) >= 11 is 0. The van der Waals surface area contributed by atoms with Crippen LogP contribution >= 0.6 is 0 Å². The Labute approximate surface area is 140 Å². The molecule has 2 aromatic rings. The lowest BCUT2D eigenvalue weighted by atomic mass is 10.1. The standard InChI is InChI=1S/C17H21N3O4/c1-22-13-7-14(23-2)9-15(8-13)24-16-3-5-18-17(19-16)20-6-4-12(10-20)11-21/h3,5,7-9,12,21H,4,6,10-11H2,1-2H3/t12-/m1/s1. The van der Waals surface area contributed by atoms with Crippen molar-refractivity contribution in [1.29, 1.82) is 0 Å². The number of nitrogens with zero attached hydrogens (tertiary/aromatic N) is 3. The van der Waals surface area contributed by atoms with E-state index in [2.05, 4.69) is 14.9 Å². The van der Waals surface area contributed by atoms with Gasteiger partial charge >= 0.3 is 0 Å². The summed E-state index contributed by atoms with van der Waals surface area (Å²) in [5.41, 5.74) is 0. The Bertz CT molecular complexity index is 673. The van der Waals surface area contributed by atoms with Crippen LogP contribution in [0, 0.1) is 5.92 Å². The van der Waals surface area contributed by atoms with E-state index in [1.54, 1.807) is 44.7 Å². The molecule has 1 aromatic heterocycles. The van der Waals surface area contributed by atoms with Gasteiger partial charge < -0.3 is 24.2 Å². The molecule has 2 heterocycles. The first-order chi connectivity index (χ1) is 11.7. The lowest BCUT2D eigenvalue weighted by molar-refractivity contribution is 0.238. The molecule has 0 radical (unpaired) electrons. The Morgan fingerprint density at radius 3 is 2.50 bits per heavy atom. The zero-order chi connectivity index (χ0) is 16.9. The van der Waals surface area contributed by atoms with Gasteiger partial charge in [0.1, 0.15) is 17.2 Å². The molecule has 1 aliphatic rings. The minimum absolute atomic E-state index is 0.191. The normalized spacial score (nSPS) is 17.0. The molecule has 0 aliphatic carbocycles. The van der Waals surface area contributed by atoms with Crippen LogP contribution in [0.3, 0.4) is 0 Å². The van der Waals surface area contributed by atoms with Crippen molar-refractivity contribution in [2.45, 2.75) is 6.42 Å². The molecule has 0 amide bonds. The maximum absolute atomic E-state index is 9.26. The van der Waals surface area contributed by atoms with Gasteiger partial charge in [0.05, 0.1) is 14.2 Å². The molecule has 1 atom stereocenters. The third kappa shape index (κ3) is 3.68. The molecular formula is C17H21N3O4. The van der Waals surface area contributed by atoms with Crippen LogP contribution in [0.5, 0.6) is 23.1 Å². The summed E-state index contributed by atoms with van der Waals surface area (Å²) < 4.78 is 16.3. The van der Waals surface area contributed by atoms with Gasteiger partial charge in [-0.25, -0.2) is 4.98 Å². The van der Waals surface area contributed by atoms with E-state index in [-0.39, 0.29) is 12.5 Å². The summed E-state index contributed by atoms with van der Waals surface area (Å²) in [5, 5.41) is 9.26. The van der Waals surface area contributed by atoms with E-state index in [1.807, 2.05) is 0 Å². The summed E-state index contributed by atoms with van der Waals surface area (Å²) in [4.78, 5) is 10.8. The zero-order valence-electron chi connectivity index (χ0n) is 13.8. The Balaban J connectivity index is 1.77. The van der Waals surface area contributed by atoms with Gasteiger partial charge in [-0.05, 0) is 6.42 Å². The van der Waals surface area contributed by atoms with Crippen LogP contribution in [0.15, 0.2) is 30.5 Å². The van der Waals surface area contributed by atoms with Crippen LogP contribution in [-0.2, 0) is 0 Å². The largest absolute Gasteiger partial charge is 0.496 e. The lowest BCUT2D eigenvalue weighted by Crippen LogP contribution is -2.22. The van der Waals surface area contributed by atoms with Crippen molar-refractivity contribution >= 4 is 5.95 Å². The highest BCUT2D eigenvalue weighted by molar-refractivity contribution is 5.43. The fraction of sp³-hybridized carbons (Fsp3) is 0.412. The molecule has 1 N–H and O–H groups in total. The number of rotatable bonds is 6. The fourth-order valence-electron chi connectivity index (χ4n) is 2.67. The second-order valence-corrected chi connectivity index (χ2v) is 5.63. The average Bonchev–Trinajstić information content (AvgIpc) is 3.11. The molecule has 7 nitrogen and oxygen atoms in total. The molecular weight excluding hydrogens is 310 g/mol. The quantitative estimate of drug-likeness (QED) is 0.868. The number of aliphatic hydroxyl groups is 1. The number of anilines is 1. The van der Waals surface area contributed by atoms with Crippen molar-refractivity contribution in [3.8, 4) is 23.1 Å². The molecule has 0 unspecified atom stereocenters. The van der Waals surface area contributed by atoms with E-state index in [0.717, 1.165) is 19.5 Å². The maximum atomic E-state index is 9.26. The van der Waals surface area contributed by atoms with Crippen molar-refractivity contribution < 1.29 is 19.3 Å². The van der Waals surface area contributed by atoms with E-state index in [0.29, 0.717) is 29.1 Å². The van der Waals surface area contributed by atoms with Gasteiger partial charge in [-0.3, -0.25) is 0 Å². The number of methoxy groups -OCH3 is 2. The van der Waals surface area contributed by atoms with Crippen molar-refractivity contribution in [3.05, 3.63) is 30.5 Å². The van der Waals surface area contributed by atoms with Crippen LogP contribution in [0.2, 0.25) is 0 Å². The Hall–Kier alpha value is -2.54. The molecule has 7 heteroatoms. The van der Waals surface area contributed by atoms with Gasteiger partial charge in [-0.2, -0.15) is 4.98 Å². The molecule has 1 saturated heterocycles. The highest BCUT2D eigenvalue weighted by Gasteiger charge is 2.23. The number of ether oxygens (including phenoxy) is 3. The summed E-state index contributed by atoms with van der Waals surface area (Å²) in [6.45, 7) is 1.78. The van der Waals surface area contributed by atoms with Crippen LogP contribution in [0.1, 0.15) is 6.42 Å². The molecule has 24 heavy (non-hydrogen) atoms. The Kier molecular flexibility index (Phi) is 5.00. The van der Waals surface area contributed by atoms with Crippen molar-refractivity contribution in [2.24, 2.45) is 5.92 Å². The molecule has 0 saturated carbocycles. The summed E-state index contributed by atoms with van der Waals surface area (Å²) in [6.07, 6.45) is 2.61. The lowest BCUT2D eigenvalue weighted by Gasteiger charge is -2.16. The molecule has 1 fully saturated rings. The number of hydrogen-bond acceptors (Lipinski definition) is 7. The van der Waals surface area contributed by atoms with Crippen LogP contribution in [-0.4, -0.2) is 49.0 Å². The first kappa shape index (κ1) is 16.3. The third-order valence-electron chi connectivity index (χ3n) is 3.99. The topological polar surface area (TPSA) is 76.9 Å². The molecule has 1 aromatic carbocycles. The highest BCUT2D eigenvalue weighted by atomic mass is 16.5. The molecule has 128 valence electrons. The summed E-state index contributed by atoms with van der Waals surface area (Å²) in [5.74, 6) is 3.19. The van der Waals surface area contributed by atoms with Crippen molar-refractivity contribution in [2.75, 3.05) is 38.8 Å². The second kappa shape index (κ2) is 7.35. The number of benzene rings is 1. The van der Waals surface area contributed by atoms with E-state index >= 15 is 0 Å². The van der Waals surface area contributed by atoms with E-state index < -0.39 is 0 Å². The zero-order valence-corrected chi connectivity index (χ0v) is 13.8. The number of aliphatic hydroxyl groups excluding tert-OH is 1. The monoisotopic (exact) mass is 331 g/mol. The first-order valence-electron chi connectivity index (χ1n) is 7.81. The first-order valence-corrected chi connectivity index (χ1v) is 7.81. The Morgan fingerprint density at radius 2 is 1.88 bits per heavy atom. The second-order valence-electron chi connectivity index (χ2n) is 5.63. The number of aromatic nitrogens is 2. The molecule has 0 bridgehead atoms. The predicted octanol–water partition coefficient (Wildman–Crippen LogP) is 2.10. The fourth-order valence-corrected chi connectivity index (χ4v) is 2.67. The molecule has 0 spiro atoms. The summed E-state index contributed by atoms with van der Waals surface area (Å²) in [6, 6.07) is 7.01. The van der Waals surface area contributed by atoms with Crippen LogP contribution < -0.4 is 19.1 Å². The van der Waals surface area contributed by atoms with Gasteiger partial charge in [0.25, 0.3) is 0 Å². The average molecular weight is 331 g/mol. The number of hydrogen-bond donors (Lipinski definition) is 1. The van der Waals surface area contributed by atoms with Gasteiger partial charge in [0.2, 0.25) is 11.8 Å². The van der Waals surface area contributed by atoms with E-state index in [9.17, 15) is 5.11 Å². The minimum Gasteiger partial charge on any atom is -0.496 e. The van der Waals surface area contributed by atoms with Crippen molar-refractivity contribution in [1.82, 2.24) is 9.97 Å². The van der Waals surface area contributed by atoms with E-state index in [4.69, 9.17) is 14.2 Å². The third-order valence-corrected chi connectivity index (χ3v) is 3.99. The van der Waals surface area contributed by atoms with Gasteiger partial charge in [0, 0.05) is 56.1 Å². The van der Waals surface area contributed by atoms with Gasteiger partial charge in [0.15, 0.2) is 0 Å². The SMILES string of the molecule is COc1cc(OC)cc(Oc2ccnc(N3CC[C@@H](CO)C3)n2)c1. The summed E-state index contributed by atoms with van der Waals surface area (Å²) in [7, 11) is 3.18. The Morgan fingerprint density at radius 1 is 1.17 bits per heavy atom. The predicted molar refractivity (Wildman–Crippen MR) is 89.1 cm³/mol. The molecule has 3 rings (SSSR count). The van der Waals surface area contributed by atoms with Crippen molar-refractivity contribution in [3.63, 3.8) is 0 Å². The van der Waals surface area contributed by atoms with Gasteiger partial charge in [-0.1, -0.05) is 0 Å². The maximum Gasteiger partial charge on any atom is 0.228 e. The van der Waals surface area contributed by atoms with Crippen LogP contribution in [0.4, 0.5) is 5.95 Å². The highest BCUT2D eigenvalue weighted by Crippen LogP contribution is 2.30. The smallest absolute Gasteiger partial charge is 0.228 e.